The summed E-state index contributed by atoms with van der Waals surface area (Å²) in [7, 11) is -0.128. The molecular formula is C14H24BNO2. The Bertz CT molecular complexity index is 358. The average Bonchev–Trinajstić information content (AvgIpc) is 3.08. The molecule has 4 heteroatoms. The van der Waals surface area contributed by atoms with Crippen molar-refractivity contribution in [3.8, 4) is 0 Å². The zero-order chi connectivity index (χ0) is 13.0. The number of rotatable bonds is 2. The van der Waals surface area contributed by atoms with Crippen molar-refractivity contribution in [3.63, 3.8) is 0 Å². The smallest absolute Gasteiger partial charge is 0.400 e. The maximum absolute atomic E-state index is 6.11. The molecule has 0 aromatic carbocycles. The van der Waals surface area contributed by atoms with Crippen molar-refractivity contribution in [1.29, 1.82) is 0 Å². The van der Waals surface area contributed by atoms with E-state index in [1.165, 1.54) is 24.9 Å². The van der Waals surface area contributed by atoms with Crippen LogP contribution in [0.25, 0.3) is 0 Å². The summed E-state index contributed by atoms with van der Waals surface area (Å²) in [6.07, 6.45) is 6.19. The van der Waals surface area contributed by atoms with E-state index in [2.05, 4.69) is 38.7 Å². The molecular weight excluding hydrogens is 225 g/mol. The molecule has 18 heavy (non-hydrogen) atoms. The molecule has 1 saturated heterocycles. The first kappa shape index (κ1) is 12.7. The third kappa shape index (κ3) is 2.15. The Balaban J connectivity index is 1.66. The van der Waals surface area contributed by atoms with Gasteiger partial charge in [-0.25, -0.2) is 0 Å². The van der Waals surface area contributed by atoms with E-state index in [0.29, 0.717) is 0 Å². The predicted molar refractivity (Wildman–Crippen MR) is 73.4 cm³/mol. The minimum atomic E-state index is -0.216. The van der Waals surface area contributed by atoms with Gasteiger partial charge in [0.2, 0.25) is 0 Å². The van der Waals surface area contributed by atoms with Gasteiger partial charge in [0.15, 0.2) is 0 Å². The SMILES string of the molecule is CC1(C)OB(C2=CCN(C3CC3)CC2)OC1(C)C. The Kier molecular flexibility index (Phi) is 2.89. The lowest BCUT2D eigenvalue weighted by Gasteiger charge is -2.32. The Labute approximate surface area is 111 Å². The van der Waals surface area contributed by atoms with Crippen molar-refractivity contribution < 1.29 is 9.31 Å². The molecule has 2 fully saturated rings. The molecule has 1 saturated carbocycles. The third-order valence-electron chi connectivity index (χ3n) is 4.89. The second kappa shape index (κ2) is 4.09. The van der Waals surface area contributed by atoms with Crippen molar-refractivity contribution in [3.05, 3.63) is 11.5 Å². The van der Waals surface area contributed by atoms with Crippen LogP contribution in [0, 0.1) is 0 Å². The lowest BCUT2D eigenvalue weighted by molar-refractivity contribution is 0.00578. The van der Waals surface area contributed by atoms with Gasteiger partial charge in [-0.3, -0.25) is 4.90 Å². The highest BCUT2D eigenvalue weighted by Crippen LogP contribution is 2.40. The van der Waals surface area contributed by atoms with Crippen LogP contribution < -0.4 is 0 Å². The average molecular weight is 249 g/mol. The van der Waals surface area contributed by atoms with Crippen LogP contribution >= 0.6 is 0 Å². The first-order valence-corrected chi connectivity index (χ1v) is 7.18. The van der Waals surface area contributed by atoms with Gasteiger partial charge >= 0.3 is 7.12 Å². The number of nitrogens with zero attached hydrogens (tertiary/aromatic N) is 1. The molecule has 1 aliphatic carbocycles. The molecule has 0 N–H and O–H groups in total. The lowest BCUT2D eigenvalue weighted by Crippen LogP contribution is -2.41. The molecule has 0 amide bonds. The van der Waals surface area contributed by atoms with Gasteiger partial charge in [0.05, 0.1) is 11.2 Å². The fraction of sp³-hybridized carbons (Fsp3) is 0.857. The highest BCUT2D eigenvalue weighted by atomic mass is 16.7. The second-order valence-corrected chi connectivity index (χ2v) is 6.84. The van der Waals surface area contributed by atoms with Crippen molar-refractivity contribution >= 4 is 7.12 Å². The van der Waals surface area contributed by atoms with Crippen molar-refractivity contribution in [2.24, 2.45) is 0 Å². The molecule has 0 unspecified atom stereocenters. The van der Waals surface area contributed by atoms with Crippen LogP contribution in [0.3, 0.4) is 0 Å². The van der Waals surface area contributed by atoms with Crippen molar-refractivity contribution in [1.82, 2.24) is 4.90 Å². The molecule has 0 spiro atoms. The van der Waals surface area contributed by atoms with Crippen LogP contribution in [-0.2, 0) is 9.31 Å². The Hall–Kier alpha value is -0.315. The van der Waals surface area contributed by atoms with Crippen LogP contribution in [0.5, 0.6) is 0 Å². The normalized spacial score (nSPS) is 31.6. The highest BCUT2D eigenvalue weighted by molar-refractivity contribution is 6.54. The maximum atomic E-state index is 6.11. The fourth-order valence-electron chi connectivity index (χ4n) is 2.68. The standard InChI is InChI=1S/C14H24BNO2/c1-13(2)14(3,4)18-15(17-13)11-7-9-16(10-8-11)12-5-6-12/h7,12H,5-6,8-10H2,1-4H3. The fourth-order valence-corrected chi connectivity index (χ4v) is 2.68. The van der Waals surface area contributed by atoms with E-state index < -0.39 is 0 Å². The molecule has 0 aromatic heterocycles. The lowest BCUT2D eigenvalue weighted by atomic mass is 9.75. The predicted octanol–water partition coefficient (Wildman–Crippen LogP) is 2.41. The van der Waals surface area contributed by atoms with E-state index in [-0.39, 0.29) is 18.3 Å². The molecule has 2 aliphatic heterocycles. The molecule has 100 valence electrons. The molecule has 3 nitrogen and oxygen atoms in total. The summed E-state index contributed by atoms with van der Waals surface area (Å²) in [5.74, 6) is 0. The Morgan fingerprint density at radius 2 is 1.78 bits per heavy atom. The van der Waals surface area contributed by atoms with Gasteiger partial charge in [0, 0.05) is 19.1 Å². The molecule has 0 bridgehead atoms. The van der Waals surface area contributed by atoms with Gasteiger partial charge < -0.3 is 9.31 Å². The molecule has 0 radical (unpaired) electrons. The maximum Gasteiger partial charge on any atom is 0.490 e. The summed E-state index contributed by atoms with van der Waals surface area (Å²) in [5, 5.41) is 0. The largest absolute Gasteiger partial charge is 0.490 e. The van der Waals surface area contributed by atoms with E-state index in [1.807, 2.05) is 0 Å². The Morgan fingerprint density at radius 3 is 2.22 bits per heavy atom. The van der Waals surface area contributed by atoms with E-state index in [1.54, 1.807) is 0 Å². The van der Waals surface area contributed by atoms with E-state index in [0.717, 1.165) is 19.0 Å². The van der Waals surface area contributed by atoms with Crippen molar-refractivity contribution in [2.45, 2.75) is 64.2 Å². The second-order valence-electron chi connectivity index (χ2n) is 6.84. The van der Waals surface area contributed by atoms with Gasteiger partial charge in [0.25, 0.3) is 0 Å². The first-order valence-electron chi connectivity index (χ1n) is 7.18. The van der Waals surface area contributed by atoms with Gasteiger partial charge in [-0.15, -0.1) is 0 Å². The molecule has 3 aliphatic rings. The molecule has 0 atom stereocenters. The van der Waals surface area contributed by atoms with Gasteiger partial charge in [-0.2, -0.15) is 0 Å². The summed E-state index contributed by atoms with van der Waals surface area (Å²) in [6, 6.07) is 0.862. The third-order valence-corrected chi connectivity index (χ3v) is 4.89. The van der Waals surface area contributed by atoms with Crippen LogP contribution in [0.15, 0.2) is 11.5 Å². The van der Waals surface area contributed by atoms with Crippen molar-refractivity contribution in [2.75, 3.05) is 13.1 Å². The van der Waals surface area contributed by atoms with Gasteiger partial charge in [-0.05, 0) is 52.4 Å². The van der Waals surface area contributed by atoms with E-state index >= 15 is 0 Å². The van der Waals surface area contributed by atoms with E-state index in [9.17, 15) is 0 Å². The number of hydrogen-bond acceptors (Lipinski definition) is 3. The van der Waals surface area contributed by atoms with Crippen LogP contribution in [0.1, 0.15) is 47.0 Å². The zero-order valence-corrected chi connectivity index (χ0v) is 12.0. The van der Waals surface area contributed by atoms with Crippen LogP contribution in [-0.4, -0.2) is 42.4 Å². The summed E-state index contributed by atoms with van der Waals surface area (Å²) in [4.78, 5) is 2.58. The highest BCUT2D eigenvalue weighted by Gasteiger charge is 2.52. The minimum Gasteiger partial charge on any atom is -0.400 e. The molecule has 2 heterocycles. The Morgan fingerprint density at radius 1 is 1.17 bits per heavy atom. The van der Waals surface area contributed by atoms with Gasteiger partial charge in [0.1, 0.15) is 0 Å². The van der Waals surface area contributed by atoms with Crippen LogP contribution in [0.4, 0.5) is 0 Å². The monoisotopic (exact) mass is 249 g/mol. The summed E-state index contributed by atoms with van der Waals surface area (Å²) in [6.45, 7) is 10.7. The quantitative estimate of drug-likeness (QED) is 0.701. The topological polar surface area (TPSA) is 21.7 Å². The molecule has 0 aromatic rings. The first-order chi connectivity index (χ1) is 8.39. The summed E-state index contributed by atoms with van der Waals surface area (Å²) < 4.78 is 12.2. The number of hydrogen-bond donors (Lipinski definition) is 0. The van der Waals surface area contributed by atoms with Gasteiger partial charge in [-0.1, -0.05) is 6.08 Å². The van der Waals surface area contributed by atoms with Crippen LogP contribution in [0.2, 0.25) is 0 Å². The van der Waals surface area contributed by atoms with E-state index in [4.69, 9.17) is 9.31 Å². The zero-order valence-electron chi connectivity index (χ0n) is 12.0. The minimum absolute atomic E-state index is 0.128. The molecule has 3 rings (SSSR count). The summed E-state index contributed by atoms with van der Waals surface area (Å²) >= 11 is 0. The summed E-state index contributed by atoms with van der Waals surface area (Å²) in [5.41, 5.74) is 0.906.